The van der Waals surface area contributed by atoms with Crippen LogP contribution in [-0.4, -0.2) is 32.2 Å². The molecule has 2 rings (SSSR count). The van der Waals surface area contributed by atoms with E-state index in [1.54, 1.807) is 6.07 Å². The minimum atomic E-state index is -3.00. The van der Waals surface area contributed by atoms with Crippen LogP contribution in [0.5, 0.6) is 11.5 Å². The van der Waals surface area contributed by atoms with E-state index in [9.17, 15) is 22.8 Å². The third-order valence-electron chi connectivity index (χ3n) is 3.37. The number of ether oxygens (including phenoxy) is 3. The molecule has 1 N–H and O–H groups in total. The summed E-state index contributed by atoms with van der Waals surface area (Å²) in [5.41, 5.74) is 0.393. The van der Waals surface area contributed by atoms with Gasteiger partial charge in [0.1, 0.15) is 5.82 Å². The van der Waals surface area contributed by atoms with Crippen LogP contribution in [0.4, 0.5) is 18.9 Å². The fourth-order valence-electron chi connectivity index (χ4n) is 2.11. The molecule has 0 saturated heterocycles. The number of benzene rings is 2. The molecule has 0 aliphatic heterocycles. The number of methoxy groups -OCH3 is 1. The molecule has 0 bridgehead atoms. The Balaban J connectivity index is 1.89. The zero-order chi connectivity index (χ0) is 21.4. The number of amides is 1. The Morgan fingerprint density at radius 3 is 2.59 bits per heavy atom. The SMILES string of the molecule is COc1cc(/C=C/C(=O)OCC(=O)Nc2ccc(Br)cc2F)ccc1OC(F)F. The molecule has 2 aromatic carbocycles. The molecule has 0 atom stereocenters. The van der Waals surface area contributed by atoms with Gasteiger partial charge in [-0.05, 0) is 42.0 Å². The number of alkyl halides is 2. The number of hydrogen-bond donors (Lipinski definition) is 1. The van der Waals surface area contributed by atoms with Crippen molar-refractivity contribution in [1.82, 2.24) is 0 Å². The lowest BCUT2D eigenvalue weighted by Crippen LogP contribution is -2.20. The molecule has 0 aliphatic rings. The van der Waals surface area contributed by atoms with E-state index < -0.39 is 30.9 Å². The number of carbonyl (C=O) groups excluding carboxylic acids is 2. The molecule has 0 fully saturated rings. The maximum atomic E-state index is 13.7. The van der Waals surface area contributed by atoms with E-state index in [0.717, 1.165) is 6.08 Å². The van der Waals surface area contributed by atoms with Crippen LogP contribution in [0.3, 0.4) is 0 Å². The van der Waals surface area contributed by atoms with Crippen molar-refractivity contribution in [1.29, 1.82) is 0 Å². The lowest BCUT2D eigenvalue weighted by Gasteiger charge is -2.10. The number of rotatable bonds is 8. The van der Waals surface area contributed by atoms with Crippen molar-refractivity contribution in [2.75, 3.05) is 19.0 Å². The summed E-state index contributed by atoms with van der Waals surface area (Å²) < 4.78 is 52.8. The van der Waals surface area contributed by atoms with Crippen LogP contribution >= 0.6 is 15.9 Å². The summed E-state index contributed by atoms with van der Waals surface area (Å²) >= 11 is 3.09. The Bertz CT molecular complexity index is 921. The fourth-order valence-corrected chi connectivity index (χ4v) is 2.44. The van der Waals surface area contributed by atoms with E-state index in [4.69, 9.17) is 9.47 Å². The van der Waals surface area contributed by atoms with E-state index >= 15 is 0 Å². The van der Waals surface area contributed by atoms with Gasteiger partial charge >= 0.3 is 12.6 Å². The first kappa shape index (κ1) is 22.3. The first-order valence-electron chi connectivity index (χ1n) is 8.01. The molecule has 0 aliphatic carbocycles. The molecule has 29 heavy (non-hydrogen) atoms. The van der Waals surface area contributed by atoms with Gasteiger partial charge in [-0.15, -0.1) is 0 Å². The van der Waals surface area contributed by atoms with Gasteiger partial charge in [0.25, 0.3) is 5.91 Å². The third-order valence-corrected chi connectivity index (χ3v) is 3.86. The highest BCUT2D eigenvalue weighted by atomic mass is 79.9. The quantitative estimate of drug-likeness (QED) is 0.454. The van der Waals surface area contributed by atoms with Crippen LogP contribution in [-0.2, 0) is 14.3 Å². The Labute approximate surface area is 172 Å². The van der Waals surface area contributed by atoms with Gasteiger partial charge in [0.05, 0.1) is 12.8 Å². The van der Waals surface area contributed by atoms with E-state index in [-0.39, 0.29) is 17.2 Å². The van der Waals surface area contributed by atoms with Gasteiger partial charge in [0.15, 0.2) is 18.1 Å². The molecule has 10 heteroatoms. The van der Waals surface area contributed by atoms with Crippen LogP contribution in [0, 0.1) is 5.82 Å². The molecular weight excluding hydrogens is 459 g/mol. The predicted molar refractivity (Wildman–Crippen MR) is 102 cm³/mol. The Morgan fingerprint density at radius 2 is 1.93 bits per heavy atom. The molecular formula is C19H15BrF3NO5. The van der Waals surface area contributed by atoms with Crippen molar-refractivity contribution < 1.29 is 37.0 Å². The average molecular weight is 474 g/mol. The van der Waals surface area contributed by atoms with Crippen LogP contribution < -0.4 is 14.8 Å². The molecule has 154 valence electrons. The van der Waals surface area contributed by atoms with Crippen LogP contribution in [0.2, 0.25) is 0 Å². The summed E-state index contributed by atoms with van der Waals surface area (Å²) in [6.07, 6.45) is 2.37. The molecule has 0 heterocycles. The van der Waals surface area contributed by atoms with Gasteiger partial charge in [-0.1, -0.05) is 22.0 Å². The summed E-state index contributed by atoms with van der Waals surface area (Å²) in [7, 11) is 1.28. The Kier molecular flexibility index (Phi) is 8.08. The second kappa shape index (κ2) is 10.5. The van der Waals surface area contributed by atoms with Gasteiger partial charge in [-0.3, -0.25) is 4.79 Å². The first-order chi connectivity index (χ1) is 13.8. The highest BCUT2D eigenvalue weighted by Gasteiger charge is 2.11. The van der Waals surface area contributed by atoms with Gasteiger partial charge in [0, 0.05) is 10.5 Å². The lowest BCUT2D eigenvalue weighted by atomic mass is 10.2. The summed E-state index contributed by atoms with van der Waals surface area (Å²) in [5, 5.41) is 2.28. The second-order valence-electron chi connectivity index (χ2n) is 5.40. The van der Waals surface area contributed by atoms with Crippen molar-refractivity contribution in [2.24, 2.45) is 0 Å². The highest BCUT2D eigenvalue weighted by Crippen LogP contribution is 2.29. The molecule has 0 radical (unpaired) electrons. The summed E-state index contributed by atoms with van der Waals surface area (Å²) in [5.74, 6) is -2.30. The van der Waals surface area contributed by atoms with Crippen LogP contribution in [0.25, 0.3) is 6.08 Å². The largest absolute Gasteiger partial charge is 0.493 e. The maximum absolute atomic E-state index is 13.7. The monoisotopic (exact) mass is 473 g/mol. The standard InChI is InChI=1S/C19H15BrF3NO5/c1-27-16-8-11(2-6-15(16)29-19(22)23)3-7-18(26)28-10-17(25)24-14-5-4-12(20)9-13(14)21/h2-9,19H,10H2,1H3,(H,24,25)/b7-3+. The summed E-state index contributed by atoms with van der Waals surface area (Å²) in [4.78, 5) is 23.5. The fraction of sp³-hybridized carbons (Fsp3) is 0.158. The van der Waals surface area contributed by atoms with Gasteiger partial charge in [-0.25, -0.2) is 9.18 Å². The lowest BCUT2D eigenvalue weighted by molar-refractivity contribution is -0.142. The molecule has 0 spiro atoms. The smallest absolute Gasteiger partial charge is 0.387 e. The molecule has 0 saturated carbocycles. The number of esters is 1. The summed E-state index contributed by atoms with van der Waals surface area (Å²) in [6, 6.07) is 8.14. The van der Waals surface area contributed by atoms with Gasteiger partial charge in [0.2, 0.25) is 0 Å². The molecule has 0 aromatic heterocycles. The number of anilines is 1. The van der Waals surface area contributed by atoms with Crippen LogP contribution in [0.15, 0.2) is 46.9 Å². The Hall–Kier alpha value is -3.01. The van der Waals surface area contributed by atoms with E-state index in [2.05, 4.69) is 26.0 Å². The van der Waals surface area contributed by atoms with Crippen molar-refractivity contribution in [3.8, 4) is 11.5 Å². The van der Waals surface area contributed by atoms with E-state index in [1.165, 1.54) is 43.5 Å². The predicted octanol–water partition coefficient (Wildman–Crippen LogP) is 4.39. The zero-order valence-electron chi connectivity index (χ0n) is 15.0. The second-order valence-corrected chi connectivity index (χ2v) is 6.32. The Morgan fingerprint density at radius 1 is 1.17 bits per heavy atom. The third kappa shape index (κ3) is 7.15. The zero-order valence-corrected chi connectivity index (χ0v) is 16.5. The molecule has 2 aromatic rings. The van der Waals surface area contributed by atoms with Crippen molar-refractivity contribution >= 4 is 39.6 Å². The van der Waals surface area contributed by atoms with Gasteiger partial charge < -0.3 is 19.5 Å². The number of halogens is 4. The van der Waals surface area contributed by atoms with Crippen molar-refractivity contribution in [3.63, 3.8) is 0 Å². The van der Waals surface area contributed by atoms with Gasteiger partial charge in [-0.2, -0.15) is 8.78 Å². The topological polar surface area (TPSA) is 73.9 Å². The minimum Gasteiger partial charge on any atom is -0.493 e. The van der Waals surface area contributed by atoms with Crippen molar-refractivity contribution in [2.45, 2.75) is 6.61 Å². The van der Waals surface area contributed by atoms with E-state index in [1.807, 2.05) is 0 Å². The van der Waals surface area contributed by atoms with E-state index in [0.29, 0.717) is 10.0 Å². The highest BCUT2D eigenvalue weighted by molar-refractivity contribution is 9.10. The molecule has 0 unspecified atom stereocenters. The first-order valence-corrected chi connectivity index (χ1v) is 8.80. The number of hydrogen-bond acceptors (Lipinski definition) is 5. The van der Waals surface area contributed by atoms with Crippen molar-refractivity contribution in [3.05, 3.63) is 58.3 Å². The normalized spacial score (nSPS) is 10.8. The molecule has 1 amide bonds. The summed E-state index contributed by atoms with van der Waals surface area (Å²) in [6.45, 7) is -3.62. The number of carbonyl (C=O) groups is 2. The number of nitrogens with one attached hydrogen (secondary N) is 1. The minimum absolute atomic E-state index is 0.0525. The molecule has 6 nitrogen and oxygen atoms in total. The van der Waals surface area contributed by atoms with Crippen LogP contribution in [0.1, 0.15) is 5.56 Å². The maximum Gasteiger partial charge on any atom is 0.387 e. The average Bonchev–Trinajstić information content (AvgIpc) is 2.67.